The average molecular weight is 265 g/mol. The molecule has 0 aromatic heterocycles. The molecule has 4 heteroatoms. The van der Waals surface area contributed by atoms with Gasteiger partial charge in [-0.3, -0.25) is 0 Å². The van der Waals surface area contributed by atoms with E-state index in [1.54, 1.807) is 6.07 Å². The van der Waals surface area contributed by atoms with E-state index in [1.165, 1.54) is 19.2 Å². The van der Waals surface area contributed by atoms with Gasteiger partial charge in [-0.2, -0.15) is 0 Å². The highest BCUT2D eigenvalue weighted by Gasteiger charge is 2.46. The lowest BCUT2D eigenvalue weighted by molar-refractivity contribution is -0.0496. The number of halogens is 1. The molecule has 2 atom stereocenters. The van der Waals surface area contributed by atoms with Gasteiger partial charge in [-0.1, -0.05) is 0 Å². The SMILES string of the molecule is COc1cc(F)cc(C2(O)CC3CCC(C2)N3C)c1. The fraction of sp³-hybridized carbons (Fsp3) is 0.600. The third-order valence-electron chi connectivity index (χ3n) is 4.78. The number of piperidine rings is 1. The molecule has 3 nitrogen and oxygen atoms in total. The van der Waals surface area contributed by atoms with Gasteiger partial charge in [0.05, 0.1) is 12.7 Å². The molecular formula is C15H20FNO2. The van der Waals surface area contributed by atoms with Crippen LogP contribution in [0.3, 0.4) is 0 Å². The van der Waals surface area contributed by atoms with Crippen LogP contribution in [-0.2, 0) is 5.60 Å². The van der Waals surface area contributed by atoms with Crippen LogP contribution in [0.4, 0.5) is 4.39 Å². The minimum atomic E-state index is -0.923. The maximum absolute atomic E-state index is 13.6. The zero-order valence-electron chi connectivity index (χ0n) is 11.4. The van der Waals surface area contributed by atoms with E-state index in [1.807, 2.05) is 0 Å². The zero-order valence-corrected chi connectivity index (χ0v) is 11.4. The highest BCUT2D eigenvalue weighted by Crippen LogP contribution is 2.45. The zero-order chi connectivity index (χ0) is 13.6. The number of hydrogen-bond donors (Lipinski definition) is 1. The fourth-order valence-corrected chi connectivity index (χ4v) is 3.63. The Bertz CT molecular complexity index is 477. The Morgan fingerprint density at radius 3 is 2.47 bits per heavy atom. The predicted octanol–water partition coefficient (Wildman–Crippen LogP) is 2.28. The van der Waals surface area contributed by atoms with Crippen LogP contribution in [0, 0.1) is 5.82 Å². The van der Waals surface area contributed by atoms with Gasteiger partial charge in [0.15, 0.2) is 0 Å². The summed E-state index contributed by atoms with van der Waals surface area (Å²) in [4.78, 5) is 2.35. The molecule has 2 aliphatic heterocycles. The van der Waals surface area contributed by atoms with Crippen molar-refractivity contribution >= 4 is 0 Å². The van der Waals surface area contributed by atoms with Crippen molar-refractivity contribution in [3.05, 3.63) is 29.6 Å². The Kier molecular flexibility index (Phi) is 3.02. The molecule has 1 aromatic carbocycles. The number of nitrogens with zero attached hydrogens (tertiary/aromatic N) is 1. The quantitative estimate of drug-likeness (QED) is 0.890. The van der Waals surface area contributed by atoms with Crippen LogP contribution in [0.15, 0.2) is 18.2 Å². The summed E-state index contributed by atoms with van der Waals surface area (Å²) < 4.78 is 18.7. The van der Waals surface area contributed by atoms with E-state index in [2.05, 4.69) is 11.9 Å². The Hall–Kier alpha value is -1.13. The lowest BCUT2D eigenvalue weighted by atomic mass is 9.80. The van der Waals surface area contributed by atoms with E-state index in [4.69, 9.17) is 4.74 Å². The van der Waals surface area contributed by atoms with Crippen LogP contribution in [-0.4, -0.2) is 36.2 Å². The van der Waals surface area contributed by atoms with Crippen molar-refractivity contribution in [2.45, 2.75) is 43.4 Å². The van der Waals surface area contributed by atoms with Gasteiger partial charge in [-0.25, -0.2) is 4.39 Å². The number of aliphatic hydroxyl groups is 1. The smallest absolute Gasteiger partial charge is 0.127 e. The van der Waals surface area contributed by atoms with Crippen molar-refractivity contribution in [3.8, 4) is 5.75 Å². The Morgan fingerprint density at radius 1 is 1.26 bits per heavy atom. The molecule has 2 fully saturated rings. The predicted molar refractivity (Wildman–Crippen MR) is 70.7 cm³/mol. The molecule has 2 saturated heterocycles. The van der Waals surface area contributed by atoms with Gasteiger partial charge in [0, 0.05) is 18.2 Å². The van der Waals surface area contributed by atoms with Crippen LogP contribution in [0.2, 0.25) is 0 Å². The molecule has 0 aliphatic carbocycles. The Balaban J connectivity index is 1.95. The lowest BCUT2D eigenvalue weighted by Crippen LogP contribution is -2.47. The van der Waals surface area contributed by atoms with Crippen LogP contribution in [0.25, 0.3) is 0 Å². The van der Waals surface area contributed by atoms with E-state index >= 15 is 0 Å². The molecule has 104 valence electrons. The average Bonchev–Trinajstić information content (AvgIpc) is 2.62. The van der Waals surface area contributed by atoms with Gasteiger partial charge < -0.3 is 14.7 Å². The van der Waals surface area contributed by atoms with Gasteiger partial charge >= 0.3 is 0 Å². The van der Waals surface area contributed by atoms with Crippen molar-refractivity contribution in [2.24, 2.45) is 0 Å². The first-order valence-electron chi connectivity index (χ1n) is 6.81. The summed E-state index contributed by atoms with van der Waals surface area (Å²) in [6.45, 7) is 0. The van der Waals surface area contributed by atoms with Gasteiger partial charge in [-0.15, -0.1) is 0 Å². The lowest BCUT2D eigenvalue weighted by Gasteiger charge is -2.42. The highest BCUT2D eigenvalue weighted by molar-refractivity contribution is 5.34. The molecule has 1 aromatic rings. The highest BCUT2D eigenvalue weighted by atomic mass is 19.1. The van der Waals surface area contributed by atoms with Crippen molar-refractivity contribution in [1.82, 2.24) is 4.90 Å². The van der Waals surface area contributed by atoms with E-state index in [9.17, 15) is 9.50 Å². The first-order valence-corrected chi connectivity index (χ1v) is 6.81. The largest absolute Gasteiger partial charge is 0.497 e. The van der Waals surface area contributed by atoms with Crippen LogP contribution >= 0.6 is 0 Å². The van der Waals surface area contributed by atoms with Crippen LogP contribution in [0.1, 0.15) is 31.2 Å². The van der Waals surface area contributed by atoms with Gasteiger partial charge in [0.1, 0.15) is 11.6 Å². The molecule has 2 unspecified atom stereocenters. The molecule has 2 aliphatic rings. The molecule has 0 spiro atoms. The molecule has 19 heavy (non-hydrogen) atoms. The summed E-state index contributed by atoms with van der Waals surface area (Å²) in [7, 11) is 3.63. The van der Waals surface area contributed by atoms with Gasteiger partial charge in [-0.05, 0) is 50.4 Å². The van der Waals surface area contributed by atoms with E-state index in [-0.39, 0.29) is 5.82 Å². The molecule has 0 saturated carbocycles. The molecule has 2 heterocycles. The van der Waals surface area contributed by atoms with Crippen molar-refractivity contribution in [1.29, 1.82) is 0 Å². The number of methoxy groups -OCH3 is 1. The minimum Gasteiger partial charge on any atom is -0.497 e. The molecular weight excluding hydrogens is 245 g/mol. The number of fused-ring (bicyclic) bond motifs is 2. The Morgan fingerprint density at radius 2 is 1.89 bits per heavy atom. The number of ether oxygens (including phenoxy) is 1. The minimum absolute atomic E-state index is 0.353. The van der Waals surface area contributed by atoms with Gasteiger partial charge in [0.25, 0.3) is 0 Å². The first-order chi connectivity index (χ1) is 9.01. The third-order valence-corrected chi connectivity index (χ3v) is 4.78. The van der Waals surface area contributed by atoms with Gasteiger partial charge in [0.2, 0.25) is 0 Å². The summed E-state index contributed by atoms with van der Waals surface area (Å²) in [6, 6.07) is 5.34. The van der Waals surface area contributed by atoms with Crippen molar-refractivity contribution in [3.63, 3.8) is 0 Å². The first kappa shape index (κ1) is 12.9. The fourth-order valence-electron chi connectivity index (χ4n) is 3.63. The second kappa shape index (κ2) is 4.46. The number of rotatable bonds is 2. The number of hydrogen-bond acceptors (Lipinski definition) is 3. The standard InChI is InChI=1S/C15H20FNO2/c1-17-12-3-4-13(17)9-15(18,8-12)10-5-11(16)7-14(6-10)19-2/h5-7,12-13,18H,3-4,8-9H2,1-2H3. The monoisotopic (exact) mass is 265 g/mol. The van der Waals surface area contributed by atoms with E-state index in [0.717, 1.165) is 12.8 Å². The van der Waals surface area contributed by atoms with Crippen LogP contribution < -0.4 is 4.74 Å². The Labute approximate surface area is 113 Å². The molecule has 3 rings (SSSR count). The maximum Gasteiger partial charge on any atom is 0.127 e. The van der Waals surface area contributed by atoms with Crippen molar-refractivity contribution < 1.29 is 14.2 Å². The molecule has 1 N–H and O–H groups in total. The maximum atomic E-state index is 13.6. The van der Waals surface area contributed by atoms with E-state index in [0.29, 0.717) is 36.2 Å². The van der Waals surface area contributed by atoms with Crippen LogP contribution in [0.5, 0.6) is 5.75 Å². The second-order valence-corrected chi connectivity index (χ2v) is 5.87. The topological polar surface area (TPSA) is 32.7 Å². The summed E-state index contributed by atoms with van der Waals surface area (Å²) >= 11 is 0. The molecule has 0 radical (unpaired) electrons. The normalized spacial score (nSPS) is 34.5. The molecule has 0 amide bonds. The summed E-state index contributed by atoms with van der Waals surface area (Å²) in [5, 5.41) is 10.9. The summed E-state index contributed by atoms with van der Waals surface area (Å²) in [5.74, 6) is 0.115. The third kappa shape index (κ3) is 2.13. The van der Waals surface area contributed by atoms with E-state index < -0.39 is 5.60 Å². The summed E-state index contributed by atoms with van der Waals surface area (Å²) in [5.41, 5.74) is -0.275. The summed E-state index contributed by atoms with van der Waals surface area (Å²) in [6.07, 6.45) is 3.59. The molecule has 2 bridgehead atoms. The number of benzene rings is 1. The van der Waals surface area contributed by atoms with Crippen molar-refractivity contribution in [2.75, 3.05) is 14.2 Å². The second-order valence-electron chi connectivity index (χ2n) is 5.87.